The average molecular weight is 1120 g/mol. The summed E-state index contributed by atoms with van der Waals surface area (Å²) in [6.07, 6.45) is 1.65. The summed E-state index contributed by atoms with van der Waals surface area (Å²) in [6.45, 7) is 1.84. The molecule has 3 atom stereocenters. The molecule has 0 spiro atoms. The monoisotopic (exact) mass is 1110 g/mol. The van der Waals surface area contributed by atoms with Crippen LogP contribution in [0.3, 0.4) is 0 Å². The number of aliphatic carboxylic acids is 3. The van der Waals surface area contributed by atoms with Gasteiger partial charge in [0.1, 0.15) is 12.1 Å². The van der Waals surface area contributed by atoms with Gasteiger partial charge in [-0.1, -0.05) is 48.5 Å². The maximum absolute atomic E-state index is 14.2. The number of aromatic nitrogens is 1. The van der Waals surface area contributed by atoms with Crippen molar-refractivity contribution in [3.63, 3.8) is 0 Å². The number of rotatable bonds is 37. The van der Waals surface area contributed by atoms with E-state index in [1.165, 1.54) is 0 Å². The Morgan fingerprint density at radius 2 is 1.29 bits per heavy atom. The number of carbonyl (C=O) groups excluding carboxylic acids is 6. The summed E-state index contributed by atoms with van der Waals surface area (Å²) in [5.41, 5.74) is 25.2. The number of primary amides is 4. The van der Waals surface area contributed by atoms with E-state index in [0.29, 0.717) is 67.6 Å². The maximum Gasteiger partial charge on any atom is 0.326 e. The Labute approximate surface area is 461 Å². The molecule has 26 nitrogen and oxygen atoms in total. The van der Waals surface area contributed by atoms with Crippen molar-refractivity contribution in [3.8, 4) is 0 Å². The molecule has 0 aliphatic heterocycles. The fourth-order valence-electron chi connectivity index (χ4n) is 8.33. The summed E-state index contributed by atoms with van der Waals surface area (Å²) in [7, 11) is 0. The summed E-state index contributed by atoms with van der Waals surface area (Å²) in [4.78, 5) is 118. The molecule has 1 unspecified atom stereocenters. The number of carbonyl (C=O) groups is 9. The largest absolute Gasteiger partial charge is 0.481 e. The molecule has 0 bridgehead atoms. The third kappa shape index (κ3) is 23.8. The van der Waals surface area contributed by atoms with Crippen molar-refractivity contribution in [1.29, 1.82) is 0 Å². The van der Waals surface area contributed by atoms with Crippen LogP contribution in [0.2, 0.25) is 0 Å². The lowest BCUT2D eigenvalue weighted by Gasteiger charge is -2.33. The molecule has 0 aliphatic rings. The van der Waals surface area contributed by atoms with Crippen LogP contribution in [0.15, 0.2) is 85.1 Å². The lowest BCUT2D eigenvalue weighted by Crippen LogP contribution is -2.51. The van der Waals surface area contributed by atoms with Gasteiger partial charge in [-0.3, -0.25) is 43.6 Å². The van der Waals surface area contributed by atoms with E-state index < -0.39 is 72.5 Å². The van der Waals surface area contributed by atoms with Gasteiger partial charge >= 0.3 is 23.9 Å². The van der Waals surface area contributed by atoms with Gasteiger partial charge in [-0.05, 0) is 91.2 Å². The van der Waals surface area contributed by atoms with Gasteiger partial charge in [-0.15, -0.1) is 0 Å². The van der Waals surface area contributed by atoms with E-state index in [0.717, 1.165) is 21.9 Å². The zero-order valence-electron chi connectivity index (χ0n) is 43.6. The second kappa shape index (κ2) is 33.0. The highest BCUT2D eigenvalue weighted by Crippen LogP contribution is 2.21. The topological polar surface area (TPSA) is 413 Å². The minimum absolute atomic E-state index is 0.0400. The Kier molecular flexibility index (Phi) is 26.4. The molecule has 426 valence electrons. The molecule has 79 heavy (non-hydrogen) atoms. The molecule has 0 saturated carbocycles. The van der Waals surface area contributed by atoms with Gasteiger partial charge in [0.2, 0.25) is 23.6 Å². The van der Waals surface area contributed by atoms with Crippen LogP contribution in [0.5, 0.6) is 0 Å². The van der Waals surface area contributed by atoms with E-state index >= 15 is 0 Å². The number of pyridine rings is 1. The number of anilines is 1. The summed E-state index contributed by atoms with van der Waals surface area (Å²) in [5.74, 6) is -6.65. The normalized spacial score (nSPS) is 12.2. The third-order valence-electron chi connectivity index (χ3n) is 12.3. The molecule has 1 heterocycles. The lowest BCUT2D eigenvalue weighted by molar-refractivity contribution is -0.141. The Balaban J connectivity index is 1.38. The molecular weight excluding hydrogens is 1040 g/mol. The number of unbranched alkanes of at least 4 members (excludes halogenated alkanes) is 1. The fourth-order valence-corrected chi connectivity index (χ4v) is 8.52. The molecule has 0 aliphatic carbocycles. The molecule has 0 radical (unpaired) electrons. The van der Waals surface area contributed by atoms with Crippen LogP contribution in [-0.4, -0.2) is 177 Å². The number of carboxylic acid groups (broad SMARTS) is 3. The molecular formula is C52H70N14O12S. The first-order chi connectivity index (χ1) is 37.7. The van der Waals surface area contributed by atoms with Gasteiger partial charge in [0.15, 0.2) is 5.11 Å². The Morgan fingerprint density at radius 3 is 1.92 bits per heavy atom. The van der Waals surface area contributed by atoms with Crippen molar-refractivity contribution < 1.29 is 58.5 Å². The van der Waals surface area contributed by atoms with Crippen molar-refractivity contribution in [2.24, 2.45) is 22.9 Å². The fraction of sp³-hybridized carbons (Fsp3) is 0.404. The quantitative estimate of drug-likeness (QED) is 0.0195. The van der Waals surface area contributed by atoms with Crippen LogP contribution in [0.25, 0.3) is 10.8 Å². The second-order valence-electron chi connectivity index (χ2n) is 18.5. The van der Waals surface area contributed by atoms with Crippen LogP contribution in [0.1, 0.15) is 59.3 Å². The summed E-state index contributed by atoms with van der Waals surface area (Å²) in [5, 5.41) is 46.9. The molecule has 0 saturated heterocycles. The zero-order valence-corrected chi connectivity index (χ0v) is 44.4. The number of hydrogen-bond donors (Lipinski definition) is 13. The number of nitrogens with one attached hydrogen (secondary N) is 6. The first-order valence-corrected chi connectivity index (χ1v) is 25.7. The van der Waals surface area contributed by atoms with Crippen LogP contribution in [0.4, 0.5) is 10.5 Å². The number of thiocarbonyl (C=S) groups is 1. The number of amides is 7. The minimum atomic E-state index is -1.55. The first-order valence-electron chi connectivity index (χ1n) is 25.3. The Bertz CT molecular complexity index is 2730. The van der Waals surface area contributed by atoms with Gasteiger partial charge in [0.05, 0.1) is 38.4 Å². The van der Waals surface area contributed by atoms with Crippen LogP contribution < -0.4 is 54.8 Å². The molecule has 4 aromatic rings. The van der Waals surface area contributed by atoms with E-state index in [1.54, 1.807) is 40.3 Å². The molecule has 7 amide bonds. The smallest absolute Gasteiger partial charge is 0.326 e. The second-order valence-corrected chi connectivity index (χ2v) is 18.9. The van der Waals surface area contributed by atoms with Crippen molar-refractivity contribution in [1.82, 2.24) is 46.3 Å². The average Bonchev–Trinajstić information content (AvgIpc) is 3.44. The number of nitrogens with zero attached hydrogens (tertiary/aromatic N) is 4. The standard InChI is InChI=1S/C52H70N14O12S/c53-43(67)28-57-20-22-64(31-45(55)69)23-24-65(32-46(56)70)38(27-58-29-44(54)68)25-33-10-14-37(15-11-33)61-52(79)60-26-34-8-12-36(13-9-34)48(73)66(30-42-39-6-2-1-5-35(39)18-19-59-42)21-4-3-7-40(49(74)75)62-51(78)63-41(50(76)77)16-17-47(71)72/h1-2,5-6,8-15,18-19,38,40-41,57-58H,3-4,7,16-17,20-32H2,(H2,53,67)(H2,54,68)(H2,55,69)(H2,56,70)(H,71,72)(H,74,75)(H,76,77)(H2,60,61,79)(H2,62,63,78)/t38?,40-,41-/m1/s1. The SMILES string of the molecule is NC(=O)CNCCN(CCN(CC(N)=O)C(CNCC(N)=O)Cc1ccc(NC(=S)NCc2ccc(C(=O)N(CCCC[C@@H](NC(=O)N[C@H](CCC(=O)O)C(=O)O)C(=O)O)Cc3nccc4ccccc34)cc2)cc1)CC(N)=O. The van der Waals surface area contributed by atoms with Crippen molar-refractivity contribution in [2.45, 2.75) is 69.7 Å². The summed E-state index contributed by atoms with van der Waals surface area (Å²) >= 11 is 5.61. The highest BCUT2D eigenvalue weighted by molar-refractivity contribution is 7.80. The number of benzene rings is 3. The van der Waals surface area contributed by atoms with E-state index in [1.807, 2.05) is 59.5 Å². The van der Waals surface area contributed by atoms with Gasteiger partial charge < -0.3 is 75.1 Å². The van der Waals surface area contributed by atoms with Gasteiger partial charge in [-0.25, -0.2) is 14.4 Å². The Hall–Kier alpha value is -8.37. The summed E-state index contributed by atoms with van der Waals surface area (Å²) in [6, 6.07) is 19.4. The number of fused-ring (bicyclic) bond motifs is 1. The highest BCUT2D eigenvalue weighted by atomic mass is 32.1. The molecule has 17 N–H and O–H groups in total. The first kappa shape index (κ1) is 63.2. The number of urea groups is 1. The van der Waals surface area contributed by atoms with Crippen molar-refractivity contribution in [3.05, 3.63) is 107 Å². The van der Waals surface area contributed by atoms with Gasteiger partial charge in [0.25, 0.3) is 5.91 Å². The molecule has 0 fully saturated rings. The summed E-state index contributed by atoms with van der Waals surface area (Å²) < 4.78 is 0. The van der Waals surface area contributed by atoms with E-state index in [-0.39, 0.29) is 70.6 Å². The minimum Gasteiger partial charge on any atom is -0.481 e. The third-order valence-corrected chi connectivity index (χ3v) is 12.5. The predicted octanol–water partition coefficient (Wildman–Crippen LogP) is -0.760. The van der Waals surface area contributed by atoms with Crippen LogP contribution in [0, 0.1) is 0 Å². The molecule has 3 aromatic carbocycles. The van der Waals surface area contributed by atoms with Crippen molar-refractivity contribution in [2.75, 3.05) is 70.8 Å². The molecule has 1 aromatic heterocycles. The van der Waals surface area contributed by atoms with E-state index in [9.17, 15) is 53.4 Å². The number of hydrogen-bond acceptors (Lipinski definition) is 15. The lowest BCUT2D eigenvalue weighted by atomic mass is 10.0. The number of nitrogens with two attached hydrogens (primary N) is 4. The van der Waals surface area contributed by atoms with Gasteiger partial charge in [0, 0.05) is 81.1 Å². The Morgan fingerprint density at radius 1 is 0.658 bits per heavy atom. The zero-order chi connectivity index (χ0) is 57.9. The predicted molar refractivity (Wildman–Crippen MR) is 296 cm³/mol. The van der Waals surface area contributed by atoms with E-state index in [4.69, 9.17) is 40.3 Å². The van der Waals surface area contributed by atoms with Crippen molar-refractivity contribution >= 4 is 87.3 Å². The molecule has 27 heteroatoms. The van der Waals surface area contributed by atoms with E-state index in [2.05, 4.69) is 36.9 Å². The van der Waals surface area contributed by atoms with Gasteiger partial charge in [-0.2, -0.15) is 0 Å². The molecule has 4 rings (SSSR count). The maximum atomic E-state index is 14.2. The van der Waals surface area contributed by atoms with Crippen LogP contribution in [-0.2, 0) is 53.1 Å². The van der Waals surface area contributed by atoms with Crippen LogP contribution >= 0.6 is 12.2 Å². The number of carboxylic acids is 3. The highest BCUT2D eigenvalue weighted by Gasteiger charge is 2.26.